The largest absolute Gasteiger partial charge is 0.493 e. The van der Waals surface area contributed by atoms with Gasteiger partial charge in [0.2, 0.25) is 0 Å². The van der Waals surface area contributed by atoms with Gasteiger partial charge in [0.25, 0.3) is 5.91 Å². The smallest absolute Gasteiger partial charge is 0.310 e. The number of nitrogens with zero attached hydrogens (tertiary/aromatic N) is 1. The van der Waals surface area contributed by atoms with Crippen molar-refractivity contribution in [1.29, 1.82) is 0 Å². The Labute approximate surface area is 142 Å². The second kappa shape index (κ2) is 8.57. The summed E-state index contributed by atoms with van der Waals surface area (Å²) in [6.45, 7) is 5.22. The molecule has 0 bridgehead atoms. The molecule has 1 amide bonds. The summed E-state index contributed by atoms with van der Waals surface area (Å²) < 4.78 is 16.0. The van der Waals surface area contributed by atoms with Gasteiger partial charge in [0.15, 0.2) is 18.1 Å². The molecule has 6 heteroatoms. The van der Waals surface area contributed by atoms with E-state index in [9.17, 15) is 9.59 Å². The first-order valence-electron chi connectivity index (χ1n) is 8.26. The predicted molar refractivity (Wildman–Crippen MR) is 89.2 cm³/mol. The van der Waals surface area contributed by atoms with Crippen LogP contribution in [-0.4, -0.2) is 49.7 Å². The number of esters is 1. The molecule has 0 N–H and O–H groups in total. The third-order valence-corrected chi connectivity index (χ3v) is 3.75. The van der Waals surface area contributed by atoms with Crippen molar-refractivity contribution in [2.75, 3.05) is 26.8 Å². The normalized spacial score (nSPS) is 13.9. The number of hydrogen-bond acceptors (Lipinski definition) is 5. The molecule has 24 heavy (non-hydrogen) atoms. The molecule has 1 aliphatic heterocycles. The molecule has 6 nitrogen and oxygen atoms in total. The van der Waals surface area contributed by atoms with Crippen LogP contribution in [0, 0.1) is 0 Å². The summed E-state index contributed by atoms with van der Waals surface area (Å²) in [5.41, 5.74) is 0.774. The Morgan fingerprint density at radius 1 is 1.17 bits per heavy atom. The lowest BCUT2D eigenvalue weighted by Gasteiger charge is -2.17. The van der Waals surface area contributed by atoms with Crippen molar-refractivity contribution in [1.82, 2.24) is 4.90 Å². The lowest BCUT2D eigenvalue weighted by atomic mass is 10.1. The van der Waals surface area contributed by atoms with Crippen molar-refractivity contribution in [2.24, 2.45) is 0 Å². The van der Waals surface area contributed by atoms with Crippen LogP contribution in [0.5, 0.6) is 11.5 Å². The SMILES string of the molecule is COc1cc(CC(=O)OC(C)C)ccc1OCC(=O)N1CCCC1. The molecule has 132 valence electrons. The second-order valence-electron chi connectivity index (χ2n) is 6.08. The summed E-state index contributed by atoms with van der Waals surface area (Å²) in [6, 6.07) is 5.23. The number of benzene rings is 1. The van der Waals surface area contributed by atoms with Crippen LogP contribution >= 0.6 is 0 Å². The number of methoxy groups -OCH3 is 1. The van der Waals surface area contributed by atoms with Crippen LogP contribution in [0.2, 0.25) is 0 Å². The molecular weight excluding hydrogens is 310 g/mol. The maximum absolute atomic E-state index is 12.0. The van der Waals surface area contributed by atoms with Gasteiger partial charge in [-0.3, -0.25) is 9.59 Å². The van der Waals surface area contributed by atoms with E-state index in [1.54, 1.807) is 18.2 Å². The highest BCUT2D eigenvalue weighted by Gasteiger charge is 2.19. The molecule has 1 aromatic rings. The number of likely N-dealkylation sites (tertiary alicyclic amines) is 1. The van der Waals surface area contributed by atoms with Gasteiger partial charge >= 0.3 is 5.97 Å². The van der Waals surface area contributed by atoms with Gasteiger partial charge in [-0.1, -0.05) is 6.07 Å². The van der Waals surface area contributed by atoms with Gasteiger partial charge < -0.3 is 19.1 Å². The Balaban J connectivity index is 1.95. The minimum Gasteiger partial charge on any atom is -0.493 e. The molecule has 1 saturated heterocycles. The fraction of sp³-hybridized carbons (Fsp3) is 0.556. The lowest BCUT2D eigenvalue weighted by Crippen LogP contribution is -2.32. The fourth-order valence-corrected chi connectivity index (χ4v) is 2.61. The van der Waals surface area contributed by atoms with Crippen molar-refractivity contribution in [3.8, 4) is 11.5 Å². The van der Waals surface area contributed by atoms with Gasteiger partial charge in [0, 0.05) is 13.1 Å². The molecule has 0 radical (unpaired) electrons. The van der Waals surface area contributed by atoms with Gasteiger partial charge in [-0.2, -0.15) is 0 Å². The summed E-state index contributed by atoms with van der Waals surface area (Å²) >= 11 is 0. The zero-order valence-electron chi connectivity index (χ0n) is 14.5. The zero-order valence-corrected chi connectivity index (χ0v) is 14.5. The van der Waals surface area contributed by atoms with Crippen LogP contribution in [0.1, 0.15) is 32.3 Å². The number of ether oxygens (including phenoxy) is 3. The van der Waals surface area contributed by atoms with Gasteiger partial charge in [-0.15, -0.1) is 0 Å². The highest BCUT2D eigenvalue weighted by atomic mass is 16.5. The van der Waals surface area contributed by atoms with E-state index in [1.165, 1.54) is 7.11 Å². The first-order valence-corrected chi connectivity index (χ1v) is 8.26. The number of carbonyl (C=O) groups excluding carboxylic acids is 2. The van der Waals surface area contributed by atoms with Crippen LogP contribution in [-0.2, 0) is 20.7 Å². The van der Waals surface area contributed by atoms with Crippen molar-refractivity contribution in [2.45, 2.75) is 39.2 Å². The average Bonchev–Trinajstić information content (AvgIpc) is 3.06. The minimum atomic E-state index is -0.287. The highest BCUT2D eigenvalue weighted by Crippen LogP contribution is 2.28. The van der Waals surface area contributed by atoms with Crippen molar-refractivity contribution < 1.29 is 23.8 Å². The number of rotatable bonds is 7. The monoisotopic (exact) mass is 335 g/mol. The summed E-state index contributed by atoms with van der Waals surface area (Å²) in [4.78, 5) is 25.6. The van der Waals surface area contributed by atoms with Crippen LogP contribution in [0.15, 0.2) is 18.2 Å². The van der Waals surface area contributed by atoms with Gasteiger partial charge in [-0.05, 0) is 44.4 Å². The summed E-state index contributed by atoms with van der Waals surface area (Å²) in [7, 11) is 1.53. The Hall–Kier alpha value is -2.24. The van der Waals surface area contributed by atoms with E-state index in [0.717, 1.165) is 31.5 Å². The van der Waals surface area contributed by atoms with Crippen molar-refractivity contribution in [3.63, 3.8) is 0 Å². The van der Waals surface area contributed by atoms with E-state index in [1.807, 2.05) is 18.7 Å². The quantitative estimate of drug-likeness (QED) is 0.715. The average molecular weight is 335 g/mol. The zero-order chi connectivity index (χ0) is 17.5. The van der Waals surface area contributed by atoms with E-state index in [4.69, 9.17) is 14.2 Å². The molecule has 1 heterocycles. The van der Waals surface area contributed by atoms with Crippen LogP contribution in [0.25, 0.3) is 0 Å². The molecular formula is C18H25NO5. The summed E-state index contributed by atoms with van der Waals surface area (Å²) in [5.74, 6) is 0.689. The maximum Gasteiger partial charge on any atom is 0.310 e. The van der Waals surface area contributed by atoms with E-state index in [2.05, 4.69) is 0 Å². The van der Waals surface area contributed by atoms with Gasteiger partial charge in [-0.25, -0.2) is 0 Å². The molecule has 0 unspecified atom stereocenters. The summed E-state index contributed by atoms with van der Waals surface area (Å²) in [5, 5.41) is 0. The van der Waals surface area contributed by atoms with Crippen LogP contribution in [0.3, 0.4) is 0 Å². The maximum atomic E-state index is 12.0. The molecule has 0 atom stereocenters. The number of carbonyl (C=O) groups is 2. The topological polar surface area (TPSA) is 65.1 Å². The first kappa shape index (κ1) is 18.1. The molecule has 0 aliphatic carbocycles. The molecule has 0 saturated carbocycles. The predicted octanol–water partition coefficient (Wildman–Crippen LogP) is 2.19. The molecule has 0 spiro atoms. The summed E-state index contributed by atoms with van der Waals surface area (Å²) in [6.07, 6.45) is 2.13. The van der Waals surface area contributed by atoms with Gasteiger partial charge in [0.1, 0.15) is 0 Å². The fourth-order valence-electron chi connectivity index (χ4n) is 2.61. The Morgan fingerprint density at radius 2 is 1.88 bits per heavy atom. The number of hydrogen-bond donors (Lipinski definition) is 0. The first-order chi connectivity index (χ1) is 11.5. The Morgan fingerprint density at radius 3 is 2.50 bits per heavy atom. The molecule has 0 aromatic heterocycles. The Bertz CT molecular complexity index is 579. The third-order valence-electron chi connectivity index (χ3n) is 3.75. The van der Waals surface area contributed by atoms with E-state index in [-0.39, 0.29) is 31.0 Å². The van der Waals surface area contributed by atoms with Crippen molar-refractivity contribution in [3.05, 3.63) is 23.8 Å². The van der Waals surface area contributed by atoms with E-state index < -0.39 is 0 Å². The van der Waals surface area contributed by atoms with Crippen molar-refractivity contribution >= 4 is 11.9 Å². The van der Waals surface area contributed by atoms with E-state index >= 15 is 0 Å². The molecule has 1 aromatic carbocycles. The minimum absolute atomic E-state index is 0.00883. The molecule has 1 fully saturated rings. The third kappa shape index (κ3) is 5.15. The lowest BCUT2D eigenvalue weighted by molar-refractivity contribution is -0.146. The number of amides is 1. The second-order valence-corrected chi connectivity index (χ2v) is 6.08. The van der Waals surface area contributed by atoms with E-state index in [0.29, 0.717) is 11.5 Å². The molecule has 1 aliphatic rings. The van der Waals surface area contributed by atoms with Crippen LogP contribution < -0.4 is 9.47 Å². The Kier molecular flexibility index (Phi) is 6.46. The highest BCUT2D eigenvalue weighted by molar-refractivity contribution is 5.78. The van der Waals surface area contributed by atoms with Crippen LogP contribution in [0.4, 0.5) is 0 Å². The van der Waals surface area contributed by atoms with Gasteiger partial charge in [0.05, 0.1) is 19.6 Å². The molecule has 2 rings (SSSR count). The standard InChI is InChI=1S/C18H25NO5/c1-13(2)24-18(21)11-14-6-7-15(16(10-14)22-3)23-12-17(20)19-8-4-5-9-19/h6-7,10,13H,4-5,8-9,11-12H2,1-3H3.